The Balaban J connectivity index is 1.14. The Labute approximate surface area is 185 Å². The minimum absolute atomic E-state index is 0.113. The van der Waals surface area contributed by atoms with Crippen LogP contribution in [-0.2, 0) is 16.0 Å². The molecule has 4 rings (SSSR count). The highest BCUT2D eigenvalue weighted by atomic mass is 16.2. The number of likely N-dealkylation sites (tertiary alicyclic amines) is 2. The minimum Gasteiger partial charge on any atom is -0.352 e. The van der Waals surface area contributed by atoms with Crippen LogP contribution >= 0.6 is 0 Å². The summed E-state index contributed by atoms with van der Waals surface area (Å²) in [5.74, 6) is 0.861. The van der Waals surface area contributed by atoms with Crippen molar-refractivity contribution in [3.05, 3.63) is 71.8 Å². The molecule has 164 valence electrons. The zero-order valence-corrected chi connectivity index (χ0v) is 18.2. The second kappa shape index (κ2) is 10.6. The Morgan fingerprint density at radius 3 is 2.26 bits per heavy atom. The molecule has 2 aromatic carbocycles. The van der Waals surface area contributed by atoms with E-state index in [1.165, 1.54) is 11.1 Å². The molecule has 2 aromatic rings. The lowest BCUT2D eigenvalue weighted by molar-refractivity contribution is -0.132. The Morgan fingerprint density at radius 2 is 1.55 bits per heavy atom. The molecular formula is C26H33N3O2. The van der Waals surface area contributed by atoms with E-state index in [0.717, 1.165) is 51.9 Å². The first kappa shape index (κ1) is 21.6. The normalized spacial score (nSPS) is 20.0. The van der Waals surface area contributed by atoms with E-state index in [2.05, 4.69) is 46.6 Å². The summed E-state index contributed by atoms with van der Waals surface area (Å²) in [6.07, 6.45) is 4.14. The lowest BCUT2D eigenvalue weighted by Gasteiger charge is -2.33. The maximum atomic E-state index is 12.6. The molecule has 2 saturated heterocycles. The second-order valence-corrected chi connectivity index (χ2v) is 8.84. The van der Waals surface area contributed by atoms with Crippen LogP contribution in [0.5, 0.6) is 0 Å². The number of benzene rings is 2. The van der Waals surface area contributed by atoms with Gasteiger partial charge in [0.1, 0.15) is 0 Å². The molecule has 1 N–H and O–H groups in total. The van der Waals surface area contributed by atoms with E-state index in [0.29, 0.717) is 18.9 Å². The molecule has 0 radical (unpaired) electrons. The lowest BCUT2D eigenvalue weighted by Crippen LogP contribution is -2.48. The van der Waals surface area contributed by atoms with Gasteiger partial charge < -0.3 is 10.2 Å². The minimum atomic E-state index is 0.113. The summed E-state index contributed by atoms with van der Waals surface area (Å²) in [5, 5.41) is 3.20. The van der Waals surface area contributed by atoms with Gasteiger partial charge >= 0.3 is 0 Å². The van der Waals surface area contributed by atoms with E-state index in [9.17, 15) is 9.59 Å². The van der Waals surface area contributed by atoms with Crippen molar-refractivity contribution < 1.29 is 9.59 Å². The standard InChI is InChI=1S/C26H33N3O2/c30-25(20-28-16-13-23(19-28)22-9-5-2-6-10-22)27-24-14-17-29(18-15-24)26(31)12-11-21-7-3-1-4-8-21/h1-10,23-24H,11-20H2,(H,27,30). The fourth-order valence-electron chi connectivity index (χ4n) is 4.78. The fourth-order valence-corrected chi connectivity index (χ4v) is 4.78. The lowest BCUT2D eigenvalue weighted by atomic mass is 9.99. The molecule has 31 heavy (non-hydrogen) atoms. The van der Waals surface area contributed by atoms with Crippen LogP contribution in [0.4, 0.5) is 0 Å². The third-order valence-electron chi connectivity index (χ3n) is 6.59. The molecular weight excluding hydrogens is 386 g/mol. The zero-order chi connectivity index (χ0) is 21.5. The van der Waals surface area contributed by atoms with Crippen LogP contribution in [-0.4, -0.2) is 60.4 Å². The number of aryl methyl sites for hydroxylation is 1. The number of hydrogen-bond donors (Lipinski definition) is 1. The Hall–Kier alpha value is -2.66. The molecule has 0 saturated carbocycles. The van der Waals surface area contributed by atoms with E-state index in [4.69, 9.17) is 0 Å². The van der Waals surface area contributed by atoms with E-state index in [-0.39, 0.29) is 17.9 Å². The molecule has 2 amide bonds. The monoisotopic (exact) mass is 419 g/mol. The number of piperidine rings is 1. The predicted octanol–water partition coefficient (Wildman–Crippen LogP) is 3.22. The summed E-state index contributed by atoms with van der Waals surface area (Å²) in [6, 6.07) is 20.9. The molecule has 2 aliphatic rings. The Kier molecular flexibility index (Phi) is 7.36. The quantitative estimate of drug-likeness (QED) is 0.750. The summed E-state index contributed by atoms with van der Waals surface area (Å²) >= 11 is 0. The van der Waals surface area contributed by atoms with E-state index in [1.807, 2.05) is 29.2 Å². The van der Waals surface area contributed by atoms with Crippen LogP contribution in [0.25, 0.3) is 0 Å². The van der Waals surface area contributed by atoms with E-state index in [1.54, 1.807) is 0 Å². The van der Waals surface area contributed by atoms with Gasteiger partial charge in [-0.25, -0.2) is 0 Å². The third kappa shape index (κ3) is 6.17. The topological polar surface area (TPSA) is 52.7 Å². The van der Waals surface area contributed by atoms with Crippen LogP contribution in [0.15, 0.2) is 60.7 Å². The molecule has 0 aliphatic carbocycles. The number of carbonyl (C=O) groups excluding carboxylic acids is 2. The first-order valence-electron chi connectivity index (χ1n) is 11.6. The van der Waals surface area contributed by atoms with Crippen molar-refractivity contribution in [3.63, 3.8) is 0 Å². The Bertz CT molecular complexity index is 847. The van der Waals surface area contributed by atoms with E-state index < -0.39 is 0 Å². The second-order valence-electron chi connectivity index (χ2n) is 8.84. The highest BCUT2D eigenvalue weighted by molar-refractivity contribution is 5.79. The van der Waals surface area contributed by atoms with Gasteiger partial charge in [-0.2, -0.15) is 0 Å². The van der Waals surface area contributed by atoms with Gasteiger partial charge in [0.05, 0.1) is 6.54 Å². The summed E-state index contributed by atoms with van der Waals surface area (Å²) in [6.45, 7) is 3.86. The average Bonchev–Trinajstić information content (AvgIpc) is 3.27. The van der Waals surface area contributed by atoms with Crippen molar-refractivity contribution >= 4 is 11.8 Å². The zero-order valence-electron chi connectivity index (χ0n) is 18.2. The molecule has 2 fully saturated rings. The van der Waals surface area contributed by atoms with Gasteiger partial charge in [-0.05, 0) is 49.3 Å². The molecule has 1 atom stereocenters. The smallest absolute Gasteiger partial charge is 0.234 e. The fraction of sp³-hybridized carbons (Fsp3) is 0.462. The summed E-state index contributed by atoms with van der Waals surface area (Å²) in [7, 11) is 0. The van der Waals surface area contributed by atoms with Crippen LogP contribution in [0.2, 0.25) is 0 Å². The van der Waals surface area contributed by atoms with Crippen LogP contribution in [0.3, 0.4) is 0 Å². The number of rotatable bonds is 7. The molecule has 0 bridgehead atoms. The van der Waals surface area contributed by atoms with Gasteiger partial charge in [-0.3, -0.25) is 14.5 Å². The van der Waals surface area contributed by atoms with Gasteiger partial charge in [0, 0.05) is 32.1 Å². The van der Waals surface area contributed by atoms with Crippen molar-refractivity contribution in [1.82, 2.24) is 15.1 Å². The van der Waals surface area contributed by atoms with Crippen molar-refractivity contribution in [2.45, 2.75) is 44.1 Å². The summed E-state index contributed by atoms with van der Waals surface area (Å²) in [4.78, 5) is 29.3. The third-order valence-corrected chi connectivity index (χ3v) is 6.59. The van der Waals surface area contributed by atoms with Crippen LogP contribution < -0.4 is 5.32 Å². The SMILES string of the molecule is O=C(CN1CCC(c2ccccc2)C1)NC1CCN(C(=O)CCc2ccccc2)CC1. The maximum Gasteiger partial charge on any atom is 0.234 e. The largest absolute Gasteiger partial charge is 0.352 e. The first-order valence-corrected chi connectivity index (χ1v) is 11.6. The van der Waals surface area contributed by atoms with Crippen LogP contribution in [0.1, 0.15) is 42.7 Å². The maximum absolute atomic E-state index is 12.6. The highest BCUT2D eigenvalue weighted by Crippen LogP contribution is 2.26. The Morgan fingerprint density at radius 1 is 0.871 bits per heavy atom. The number of hydrogen-bond acceptors (Lipinski definition) is 3. The predicted molar refractivity (Wildman–Crippen MR) is 123 cm³/mol. The molecule has 2 heterocycles. The number of nitrogens with zero attached hydrogens (tertiary/aromatic N) is 2. The molecule has 5 heteroatoms. The highest BCUT2D eigenvalue weighted by Gasteiger charge is 2.27. The molecule has 5 nitrogen and oxygen atoms in total. The van der Waals surface area contributed by atoms with Gasteiger partial charge in [0.2, 0.25) is 11.8 Å². The number of amides is 2. The molecule has 0 spiro atoms. The van der Waals surface area contributed by atoms with Crippen molar-refractivity contribution in [2.24, 2.45) is 0 Å². The number of carbonyl (C=O) groups is 2. The van der Waals surface area contributed by atoms with Gasteiger partial charge in [0.15, 0.2) is 0 Å². The van der Waals surface area contributed by atoms with Gasteiger partial charge in [-0.15, -0.1) is 0 Å². The number of nitrogens with one attached hydrogen (secondary N) is 1. The van der Waals surface area contributed by atoms with Gasteiger partial charge in [-0.1, -0.05) is 60.7 Å². The van der Waals surface area contributed by atoms with E-state index >= 15 is 0 Å². The molecule has 1 unspecified atom stereocenters. The van der Waals surface area contributed by atoms with Crippen molar-refractivity contribution in [1.29, 1.82) is 0 Å². The van der Waals surface area contributed by atoms with Crippen molar-refractivity contribution in [3.8, 4) is 0 Å². The summed E-state index contributed by atoms with van der Waals surface area (Å²) in [5.41, 5.74) is 2.57. The van der Waals surface area contributed by atoms with Crippen molar-refractivity contribution in [2.75, 3.05) is 32.7 Å². The van der Waals surface area contributed by atoms with Gasteiger partial charge in [0.25, 0.3) is 0 Å². The molecule has 0 aromatic heterocycles. The summed E-state index contributed by atoms with van der Waals surface area (Å²) < 4.78 is 0. The van der Waals surface area contributed by atoms with Crippen LogP contribution in [0, 0.1) is 0 Å². The average molecular weight is 420 g/mol. The molecule has 2 aliphatic heterocycles. The first-order chi connectivity index (χ1) is 15.2.